The van der Waals surface area contributed by atoms with Gasteiger partial charge in [0.25, 0.3) is 0 Å². The summed E-state index contributed by atoms with van der Waals surface area (Å²) in [5.74, 6) is -0.354. The van der Waals surface area contributed by atoms with Crippen LogP contribution in [0.4, 0.5) is 4.39 Å². The van der Waals surface area contributed by atoms with Gasteiger partial charge in [0.1, 0.15) is 5.82 Å². The molecule has 1 heterocycles. The Morgan fingerprint density at radius 2 is 1.50 bits per heavy atom. The Labute approximate surface area is 174 Å². The van der Waals surface area contributed by atoms with Crippen LogP contribution >= 0.6 is 0 Å². The summed E-state index contributed by atoms with van der Waals surface area (Å²) in [5, 5.41) is 3.38. The van der Waals surface area contributed by atoms with Crippen LogP contribution in [0.5, 0.6) is 0 Å². The van der Waals surface area contributed by atoms with E-state index in [0.717, 1.165) is 22.5 Å². The molecule has 0 saturated heterocycles. The number of ketones is 1. The van der Waals surface area contributed by atoms with E-state index >= 15 is 0 Å². The van der Waals surface area contributed by atoms with Crippen LogP contribution in [0.15, 0.2) is 103 Å². The topological polar surface area (TPSA) is 44.9 Å². The Morgan fingerprint density at radius 1 is 0.833 bits per heavy atom. The molecule has 0 aliphatic heterocycles. The fraction of sp³-hybridized carbons (Fsp3) is 0.0385. The first-order valence-corrected chi connectivity index (χ1v) is 9.73. The highest BCUT2D eigenvalue weighted by Crippen LogP contribution is 2.22. The van der Waals surface area contributed by atoms with E-state index in [1.54, 1.807) is 30.3 Å². The van der Waals surface area contributed by atoms with Gasteiger partial charge in [-0.15, -0.1) is 0 Å². The molecule has 0 aliphatic rings. The summed E-state index contributed by atoms with van der Waals surface area (Å²) < 4.78 is 13.2. The largest absolute Gasteiger partial charge is 0.379 e. The Balaban J connectivity index is 1.63. The van der Waals surface area contributed by atoms with Crippen molar-refractivity contribution in [3.8, 4) is 11.3 Å². The van der Waals surface area contributed by atoms with Gasteiger partial charge >= 0.3 is 0 Å². The maximum atomic E-state index is 13.2. The van der Waals surface area contributed by atoms with Gasteiger partial charge in [0.05, 0.1) is 11.4 Å². The van der Waals surface area contributed by atoms with E-state index in [2.05, 4.69) is 10.3 Å². The lowest BCUT2D eigenvalue weighted by Gasteiger charge is -2.10. The molecule has 3 nitrogen and oxygen atoms in total. The molecule has 1 aromatic heterocycles. The maximum Gasteiger partial charge on any atom is 0.187 e. The van der Waals surface area contributed by atoms with Crippen molar-refractivity contribution in [2.24, 2.45) is 0 Å². The van der Waals surface area contributed by atoms with Gasteiger partial charge in [-0.2, -0.15) is 0 Å². The monoisotopic (exact) mass is 396 g/mol. The first kappa shape index (κ1) is 19.4. The molecule has 4 rings (SSSR count). The van der Waals surface area contributed by atoms with Gasteiger partial charge in [0.2, 0.25) is 0 Å². The lowest BCUT2D eigenvalue weighted by atomic mass is 10.1. The quantitative estimate of drug-likeness (QED) is 0.305. The van der Waals surface area contributed by atoms with Crippen LogP contribution in [0, 0.1) is 5.82 Å². The number of aromatic amines is 1. The van der Waals surface area contributed by atoms with Crippen molar-refractivity contribution in [2.45, 2.75) is 6.54 Å². The number of aromatic nitrogens is 1. The van der Waals surface area contributed by atoms with E-state index in [-0.39, 0.29) is 11.6 Å². The summed E-state index contributed by atoms with van der Waals surface area (Å²) in [6, 6.07) is 29.3. The van der Waals surface area contributed by atoms with Gasteiger partial charge in [-0.05, 0) is 47.5 Å². The average Bonchev–Trinajstić information content (AvgIpc) is 3.28. The minimum absolute atomic E-state index is 0.0795. The van der Waals surface area contributed by atoms with E-state index in [9.17, 15) is 9.18 Å². The summed E-state index contributed by atoms with van der Waals surface area (Å²) in [7, 11) is 0. The molecule has 0 amide bonds. The van der Waals surface area contributed by atoms with Crippen LogP contribution in [0.1, 0.15) is 21.6 Å². The Kier molecular flexibility index (Phi) is 5.85. The number of nitrogens with one attached hydrogen (secondary N) is 2. The lowest BCUT2D eigenvalue weighted by molar-refractivity contribution is 0.104. The molecule has 3 aromatic carbocycles. The smallest absolute Gasteiger partial charge is 0.187 e. The molecule has 4 heteroatoms. The Morgan fingerprint density at radius 3 is 2.20 bits per heavy atom. The van der Waals surface area contributed by atoms with Crippen LogP contribution in [-0.2, 0) is 6.54 Å². The number of halogens is 1. The molecule has 0 aliphatic carbocycles. The number of rotatable bonds is 7. The van der Waals surface area contributed by atoms with Gasteiger partial charge in [-0.1, -0.05) is 60.7 Å². The molecule has 4 aromatic rings. The number of allylic oxidation sites excluding steroid dienone is 1. The van der Waals surface area contributed by atoms with Crippen molar-refractivity contribution < 1.29 is 9.18 Å². The standard InChI is InChI=1S/C26H21FN2O/c27-22-13-11-20(12-14-22)23-15-16-24(29-23)25(28-18-19-7-3-1-4-8-19)17-26(30)21-9-5-2-6-10-21/h1-17,28-29H,18H2/b25-17-. The third-order valence-electron chi connectivity index (χ3n) is 4.79. The molecule has 148 valence electrons. The summed E-state index contributed by atoms with van der Waals surface area (Å²) in [5.41, 5.74) is 4.95. The molecular weight excluding hydrogens is 375 g/mol. The second-order valence-corrected chi connectivity index (χ2v) is 6.92. The van der Waals surface area contributed by atoms with Gasteiger partial charge in [-0.25, -0.2) is 4.39 Å². The normalized spacial score (nSPS) is 11.3. The number of carbonyl (C=O) groups excluding carboxylic acids is 1. The average molecular weight is 396 g/mol. The minimum atomic E-state index is -0.274. The summed E-state index contributed by atoms with van der Waals surface area (Å²) in [4.78, 5) is 16.1. The SMILES string of the molecule is O=C(/C=C(\NCc1ccccc1)c1ccc(-c2ccc(F)cc2)[nH]1)c1ccccc1. The molecular formula is C26H21FN2O. The second-order valence-electron chi connectivity index (χ2n) is 6.92. The zero-order valence-corrected chi connectivity index (χ0v) is 16.3. The molecule has 0 saturated carbocycles. The molecule has 0 bridgehead atoms. The van der Waals surface area contributed by atoms with Crippen LogP contribution in [0.2, 0.25) is 0 Å². The van der Waals surface area contributed by atoms with E-state index in [0.29, 0.717) is 17.8 Å². The van der Waals surface area contributed by atoms with Gasteiger partial charge in [0.15, 0.2) is 5.78 Å². The van der Waals surface area contributed by atoms with Crippen LogP contribution < -0.4 is 5.32 Å². The number of hydrogen-bond donors (Lipinski definition) is 2. The van der Waals surface area contributed by atoms with Gasteiger partial charge in [0, 0.05) is 23.9 Å². The summed E-state index contributed by atoms with van der Waals surface area (Å²) in [6.07, 6.45) is 1.61. The van der Waals surface area contributed by atoms with Crippen LogP contribution in [-0.4, -0.2) is 10.8 Å². The first-order valence-electron chi connectivity index (χ1n) is 9.73. The summed E-state index contributed by atoms with van der Waals surface area (Å²) >= 11 is 0. The van der Waals surface area contributed by atoms with Crippen molar-refractivity contribution in [3.63, 3.8) is 0 Å². The van der Waals surface area contributed by atoms with E-state index in [4.69, 9.17) is 0 Å². The van der Waals surface area contributed by atoms with Crippen LogP contribution in [0.3, 0.4) is 0 Å². The highest BCUT2D eigenvalue weighted by Gasteiger charge is 2.10. The molecule has 30 heavy (non-hydrogen) atoms. The Hall–Kier alpha value is -3.92. The highest BCUT2D eigenvalue weighted by molar-refractivity contribution is 6.08. The highest BCUT2D eigenvalue weighted by atomic mass is 19.1. The second kappa shape index (κ2) is 9.05. The van der Waals surface area contributed by atoms with E-state index in [1.165, 1.54) is 12.1 Å². The predicted molar refractivity (Wildman–Crippen MR) is 118 cm³/mol. The molecule has 0 atom stereocenters. The van der Waals surface area contributed by atoms with E-state index < -0.39 is 0 Å². The number of carbonyl (C=O) groups is 1. The predicted octanol–water partition coefficient (Wildman–Crippen LogP) is 5.83. The number of benzene rings is 3. The van der Waals surface area contributed by atoms with Crippen molar-refractivity contribution in [2.75, 3.05) is 0 Å². The van der Waals surface area contributed by atoms with Gasteiger partial charge < -0.3 is 10.3 Å². The third-order valence-corrected chi connectivity index (χ3v) is 4.79. The Bertz CT molecular complexity index is 1150. The zero-order valence-electron chi connectivity index (χ0n) is 16.3. The lowest BCUT2D eigenvalue weighted by Crippen LogP contribution is -2.14. The van der Waals surface area contributed by atoms with Gasteiger partial charge in [-0.3, -0.25) is 4.79 Å². The molecule has 0 unspecified atom stereocenters. The minimum Gasteiger partial charge on any atom is -0.379 e. The van der Waals surface area contributed by atoms with E-state index in [1.807, 2.05) is 60.7 Å². The fourth-order valence-electron chi connectivity index (χ4n) is 3.18. The summed E-state index contributed by atoms with van der Waals surface area (Å²) in [6.45, 7) is 0.583. The van der Waals surface area contributed by atoms with Crippen molar-refractivity contribution >= 4 is 11.5 Å². The molecule has 0 spiro atoms. The first-order chi connectivity index (χ1) is 14.7. The third kappa shape index (κ3) is 4.73. The number of hydrogen-bond acceptors (Lipinski definition) is 2. The molecule has 0 fully saturated rings. The maximum absolute atomic E-state index is 13.2. The molecule has 2 N–H and O–H groups in total. The molecule has 0 radical (unpaired) electrons. The van der Waals surface area contributed by atoms with Crippen molar-refractivity contribution in [1.29, 1.82) is 0 Å². The zero-order chi connectivity index (χ0) is 20.8. The number of H-pyrrole nitrogens is 1. The van der Waals surface area contributed by atoms with Crippen molar-refractivity contribution in [3.05, 3.63) is 126 Å². The fourth-order valence-corrected chi connectivity index (χ4v) is 3.18. The van der Waals surface area contributed by atoms with Crippen molar-refractivity contribution in [1.82, 2.24) is 10.3 Å². The van der Waals surface area contributed by atoms with Crippen LogP contribution in [0.25, 0.3) is 17.0 Å².